The van der Waals surface area contributed by atoms with Crippen molar-refractivity contribution in [2.75, 3.05) is 0 Å². The fourth-order valence-corrected chi connectivity index (χ4v) is 3.42. The van der Waals surface area contributed by atoms with Gasteiger partial charge in [0.1, 0.15) is 0 Å². The molecule has 3 nitrogen and oxygen atoms in total. The molecular formula is C20H19ClN2OS. The highest BCUT2D eigenvalue weighted by molar-refractivity contribution is 8.18. The number of nitrogens with zero attached hydrogens (tertiary/aromatic N) is 1. The van der Waals surface area contributed by atoms with Crippen molar-refractivity contribution in [2.45, 2.75) is 26.7 Å². The van der Waals surface area contributed by atoms with Crippen LogP contribution in [-0.4, -0.2) is 11.1 Å². The van der Waals surface area contributed by atoms with Gasteiger partial charge >= 0.3 is 0 Å². The summed E-state index contributed by atoms with van der Waals surface area (Å²) in [6.07, 6.45) is 1.89. The van der Waals surface area contributed by atoms with Gasteiger partial charge in [0.25, 0.3) is 5.91 Å². The van der Waals surface area contributed by atoms with Gasteiger partial charge in [0.15, 0.2) is 5.17 Å². The van der Waals surface area contributed by atoms with E-state index in [1.54, 1.807) is 6.07 Å². The number of hydrogen-bond acceptors (Lipinski definition) is 3. The molecule has 2 aromatic carbocycles. The molecule has 5 heteroatoms. The lowest BCUT2D eigenvalue weighted by atomic mass is 10.0. The summed E-state index contributed by atoms with van der Waals surface area (Å²) < 4.78 is 0. The van der Waals surface area contributed by atoms with Gasteiger partial charge in [-0.2, -0.15) is 0 Å². The van der Waals surface area contributed by atoms with Crippen LogP contribution >= 0.6 is 23.4 Å². The lowest BCUT2D eigenvalue weighted by Gasteiger charge is -2.04. The topological polar surface area (TPSA) is 41.5 Å². The Kier molecular flexibility index (Phi) is 5.30. The second-order valence-corrected chi connectivity index (χ2v) is 7.70. The maximum absolute atomic E-state index is 12.2. The number of aryl methyl sites for hydroxylation is 1. The van der Waals surface area contributed by atoms with Crippen molar-refractivity contribution in [1.29, 1.82) is 0 Å². The molecule has 25 heavy (non-hydrogen) atoms. The summed E-state index contributed by atoms with van der Waals surface area (Å²) in [6.45, 7) is 6.28. The van der Waals surface area contributed by atoms with E-state index in [-0.39, 0.29) is 5.91 Å². The summed E-state index contributed by atoms with van der Waals surface area (Å²) in [5.74, 6) is 0.363. The summed E-state index contributed by atoms with van der Waals surface area (Å²) in [6, 6.07) is 13.8. The SMILES string of the molecule is Cc1ccc(Cl)cc1N=C1NC(=O)/C(=C/c2ccc(C(C)C)cc2)S1. The standard InChI is InChI=1S/C20H19ClN2OS/c1-12(2)15-7-5-14(6-8-15)10-18-19(24)23-20(25-18)22-17-11-16(21)9-4-13(17)3/h4-12H,1-3H3,(H,22,23,24)/b18-10-. The fourth-order valence-electron chi connectivity index (χ4n) is 2.42. The molecule has 3 rings (SSSR count). The number of hydrogen-bond donors (Lipinski definition) is 1. The first-order chi connectivity index (χ1) is 11.9. The quantitative estimate of drug-likeness (QED) is 0.708. The minimum Gasteiger partial charge on any atom is -0.300 e. The number of amidine groups is 1. The smallest absolute Gasteiger partial charge is 0.264 e. The number of amides is 1. The minimum atomic E-state index is -0.128. The summed E-state index contributed by atoms with van der Waals surface area (Å²) >= 11 is 7.37. The summed E-state index contributed by atoms with van der Waals surface area (Å²) in [5, 5.41) is 4.01. The zero-order valence-corrected chi connectivity index (χ0v) is 15.9. The predicted molar refractivity (Wildman–Crippen MR) is 108 cm³/mol. The van der Waals surface area contributed by atoms with E-state index in [9.17, 15) is 4.79 Å². The number of benzene rings is 2. The van der Waals surface area contributed by atoms with Crippen LogP contribution in [0, 0.1) is 6.92 Å². The Balaban J connectivity index is 1.82. The second kappa shape index (κ2) is 7.46. The lowest BCUT2D eigenvalue weighted by molar-refractivity contribution is -0.115. The van der Waals surface area contributed by atoms with E-state index in [1.165, 1.54) is 17.3 Å². The third kappa shape index (κ3) is 4.33. The van der Waals surface area contributed by atoms with E-state index in [0.717, 1.165) is 16.8 Å². The number of carbonyl (C=O) groups excluding carboxylic acids is 1. The molecule has 0 bridgehead atoms. The molecule has 1 N–H and O–H groups in total. The van der Waals surface area contributed by atoms with Crippen LogP contribution < -0.4 is 5.32 Å². The minimum absolute atomic E-state index is 0.128. The van der Waals surface area contributed by atoms with Gasteiger partial charge in [0.2, 0.25) is 0 Å². The third-order valence-electron chi connectivity index (χ3n) is 3.94. The van der Waals surface area contributed by atoms with Crippen LogP contribution in [0.1, 0.15) is 36.5 Å². The molecule has 1 aliphatic heterocycles. The molecule has 1 aliphatic rings. The van der Waals surface area contributed by atoms with Gasteiger partial charge in [-0.25, -0.2) is 4.99 Å². The van der Waals surface area contributed by atoms with Crippen LogP contribution in [0.5, 0.6) is 0 Å². The molecule has 0 saturated carbocycles. The van der Waals surface area contributed by atoms with Crippen LogP contribution in [-0.2, 0) is 4.79 Å². The fraction of sp³-hybridized carbons (Fsp3) is 0.200. The Morgan fingerprint density at radius 2 is 1.88 bits per heavy atom. The van der Waals surface area contributed by atoms with Crippen molar-refractivity contribution in [1.82, 2.24) is 5.32 Å². The molecule has 1 heterocycles. The molecule has 128 valence electrons. The van der Waals surface area contributed by atoms with Crippen LogP contribution in [0.25, 0.3) is 6.08 Å². The Morgan fingerprint density at radius 3 is 2.56 bits per heavy atom. The normalized spacial score (nSPS) is 17.6. The van der Waals surface area contributed by atoms with E-state index >= 15 is 0 Å². The summed E-state index contributed by atoms with van der Waals surface area (Å²) in [7, 11) is 0. The van der Waals surface area contributed by atoms with Gasteiger partial charge in [-0.1, -0.05) is 55.8 Å². The number of thioether (sulfide) groups is 1. The third-order valence-corrected chi connectivity index (χ3v) is 5.09. The molecule has 0 aromatic heterocycles. The number of aliphatic imine (C=N–C) groups is 1. The maximum atomic E-state index is 12.2. The first kappa shape index (κ1) is 17.8. The van der Waals surface area contributed by atoms with Gasteiger partial charge in [0.05, 0.1) is 10.6 Å². The molecule has 1 saturated heterocycles. The highest BCUT2D eigenvalue weighted by Crippen LogP contribution is 2.30. The van der Waals surface area contributed by atoms with Crippen molar-refractivity contribution in [3.05, 3.63) is 69.1 Å². The van der Waals surface area contributed by atoms with Crippen LogP contribution in [0.3, 0.4) is 0 Å². The Labute approximate surface area is 157 Å². The van der Waals surface area contributed by atoms with Gasteiger partial charge in [-0.05, 0) is 59.5 Å². The number of rotatable bonds is 3. The molecule has 1 amide bonds. The molecule has 0 aliphatic carbocycles. The van der Waals surface area contributed by atoms with E-state index in [0.29, 0.717) is 21.0 Å². The largest absolute Gasteiger partial charge is 0.300 e. The van der Waals surface area contributed by atoms with E-state index in [4.69, 9.17) is 11.6 Å². The molecule has 0 spiro atoms. The molecule has 2 aromatic rings. The average Bonchev–Trinajstić information content (AvgIpc) is 2.91. The van der Waals surface area contributed by atoms with Crippen molar-refractivity contribution in [3.63, 3.8) is 0 Å². The van der Waals surface area contributed by atoms with Crippen molar-refractivity contribution >= 4 is 46.2 Å². The Bertz CT molecular complexity index is 870. The highest BCUT2D eigenvalue weighted by Gasteiger charge is 2.24. The van der Waals surface area contributed by atoms with Crippen molar-refractivity contribution < 1.29 is 4.79 Å². The van der Waals surface area contributed by atoms with Crippen molar-refractivity contribution in [3.8, 4) is 0 Å². The summed E-state index contributed by atoms with van der Waals surface area (Å²) in [4.78, 5) is 17.4. The molecule has 1 fully saturated rings. The molecule has 0 radical (unpaired) electrons. The maximum Gasteiger partial charge on any atom is 0.264 e. The molecule has 0 unspecified atom stereocenters. The monoisotopic (exact) mass is 370 g/mol. The zero-order valence-electron chi connectivity index (χ0n) is 14.3. The Hall–Kier alpha value is -2.04. The van der Waals surface area contributed by atoms with Crippen LogP contribution in [0.15, 0.2) is 52.4 Å². The first-order valence-corrected chi connectivity index (χ1v) is 9.27. The lowest BCUT2D eigenvalue weighted by Crippen LogP contribution is -2.19. The van der Waals surface area contributed by atoms with E-state index < -0.39 is 0 Å². The van der Waals surface area contributed by atoms with E-state index in [2.05, 4.69) is 36.3 Å². The molecule has 0 atom stereocenters. The predicted octanol–water partition coefficient (Wildman–Crippen LogP) is 5.66. The van der Waals surface area contributed by atoms with Gasteiger partial charge in [-0.15, -0.1) is 0 Å². The zero-order chi connectivity index (χ0) is 18.0. The molecular weight excluding hydrogens is 352 g/mol. The second-order valence-electron chi connectivity index (χ2n) is 6.23. The average molecular weight is 371 g/mol. The van der Waals surface area contributed by atoms with Crippen molar-refractivity contribution in [2.24, 2.45) is 4.99 Å². The number of carbonyl (C=O) groups is 1. The van der Waals surface area contributed by atoms with Crippen LogP contribution in [0.2, 0.25) is 5.02 Å². The highest BCUT2D eigenvalue weighted by atomic mass is 35.5. The first-order valence-electron chi connectivity index (χ1n) is 8.08. The van der Waals surface area contributed by atoms with Gasteiger partial charge in [-0.3, -0.25) is 4.79 Å². The summed E-state index contributed by atoms with van der Waals surface area (Å²) in [5.41, 5.74) is 4.05. The van der Waals surface area contributed by atoms with Gasteiger partial charge in [0, 0.05) is 5.02 Å². The van der Waals surface area contributed by atoms with Crippen LogP contribution in [0.4, 0.5) is 5.69 Å². The van der Waals surface area contributed by atoms with E-state index in [1.807, 2.05) is 37.3 Å². The Morgan fingerprint density at radius 1 is 1.16 bits per heavy atom. The number of halogens is 1. The number of nitrogens with one attached hydrogen (secondary N) is 1. The van der Waals surface area contributed by atoms with Gasteiger partial charge < -0.3 is 5.32 Å².